The average molecular weight is 416 g/mol. The molecule has 0 atom stereocenters. The molecular weight excluding hydrogens is 394 g/mol. The van der Waals surface area contributed by atoms with Crippen LogP contribution in [0.3, 0.4) is 0 Å². The molecule has 0 fully saturated rings. The minimum Gasteiger partial charge on any atom is -0.372 e. The van der Waals surface area contributed by atoms with Gasteiger partial charge < -0.3 is 10.2 Å². The van der Waals surface area contributed by atoms with Crippen LogP contribution in [-0.4, -0.2) is 45.3 Å². The number of nitrogens with zero attached hydrogens (tertiary/aromatic N) is 2. The van der Waals surface area contributed by atoms with Gasteiger partial charge in [-0.05, 0) is 50.2 Å². The first-order chi connectivity index (χ1) is 12.3. The maximum absolute atomic E-state index is 12.4. The van der Waals surface area contributed by atoms with E-state index in [1.807, 2.05) is 12.1 Å². The van der Waals surface area contributed by atoms with E-state index < -0.39 is 15.9 Å². The summed E-state index contributed by atoms with van der Waals surface area (Å²) in [5.74, 6) is -0.408. The first kappa shape index (κ1) is 20.7. The van der Waals surface area contributed by atoms with Crippen LogP contribution in [0.5, 0.6) is 0 Å². The van der Waals surface area contributed by atoms with Gasteiger partial charge in [0.05, 0.1) is 10.9 Å². The average Bonchev–Trinajstić information content (AvgIpc) is 3.04. The molecule has 0 aliphatic carbocycles. The molecule has 26 heavy (non-hydrogen) atoms. The predicted octanol–water partition coefficient (Wildman–Crippen LogP) is 3.51. The molecule has 0 aliphatic heterocycles. The van der Waals surface area contributed by atoms with E-state index in [9.17, 15) is 13.2 Å². The second kappa shape index (κ2) is 8.85. The molecule has 1 aromatic heterocycles. The number of nitrogens with one attached hydrogen (secondary N) is 1. The maximum atomic E-state index is 12.4. The van der Waals surface area contributed by atoms with E-state index in [-0.39, 0.29) is 10.8 Å². The molecule has 1 heterocycles. The molecule has 0 aliphatic rings. The van der Waals surface area contributed by atoms with E-state index in [0.29, 0.717) is 10.0 Å². The Hall–Kier alpha value is -1.61. The number of carbonyl (C=O) groups is 1. The van der Waals surface area contributed by atoms with Crippen LogP contribution < -0.4 is 10.2 Å². The van der Waals surface area contributed by atoms with Gasteiger partial charge in [-0.2, -0.15) is 4.31 Å². The molecule has 0 radical (unpaired) electrons. The Labute approximate surface area is 163 Å². The number of likely N-dealkylation sites (N-methyl/N-ethyl adjacent to an activating group) is 1. The fraction of sp³-hybridized carbons (Fsp3) is 0.353. The van der Waals surface area contributed by atoms with Crippen molar-refractivity contribution in [3.63, 3.8) is 0 Å². The van der Waals surface area contributed by atoms with Crippen LogP contribution in [0.2, 0.25) is 4.34 Å². The van der Waals surface area contributed by atoms with Crippen molar-refractivity contribution in [1.82, 2.24) is 4.31 Å². The molecule has 2 rings (SSSR count). The summed E-state index contributed by atoms with van der Waals surface area (Å²) < 4.78 is 26.3. The Bertz CT molecular complexity index is 846. The van der Waals surface area contributed by atoms with Crippen LogP contribution in [0.15, 0.2) is 40.6 Å². The third-order valence-corrected chi connectivity index (χ3v) is 7.36. The monoisotopic (exact) mass is 415 g/mol. The third kappa shape index (κ3) is 4.97. The molecule has 142 valence electrons. The van der Waals surface area contributed by atoms with E-state index in [0.717, 1.165) is 34.4 Å². The summed E-state index contributed by atoms with van der Waals surface area (Å²) >= 11 is 6.75. The van der Waals surface area contributed by atoms with Crippen molar-refractivity contribution >= 4 is 50.2 Å². The van der Waals surface area contributed by atoms with Crippen molar-refractivity contribution in [2.45, 2.75) is 18.1 Å². The van der Waals surface area contributed by atoms with Gasteiger partial charge in [0.25, 0.3) is 10.0 Å². The van der Waals surface area contributed by atoms with Crippen LogP contribution in [0.4, 0.5) is 11.4 Å². The molecule has 1 N–H and O–H groups in total. The van der Waals surface area contributed by atoms with Gasteiger partial charge in [-0.25, -0.2) is 8.42 Å². The molecule has 6 nitrogen and oxygen atoms in total. The number of halogens is 1. The largest absolute Gasteiger partial charge is 0.372 e. The van der Waals surface area contributed by atoms with E-state index >= 15 is 0 Å². The number of anilines is 2. The fourth-order valence-electron chi connectivity index (χ4n) is 2.42. The molecule has 0 saturated carbocycles. The van der Waals surface area contributed by atoms with E-state index in [4.69, 9.17) is 11.6 Å². The van der Waals surface area contributed by atoms with Crippen molar-refractivity contribution in [2.75, 3.05) is 36.9 Å². The van der Waals surface area contributed by atoms with Crippen molar-refractivity contribution in [3.05, 3.63) is 40.7 Å². The number of hydrogen-bond donors (Lipinski definition) is 1. The van der Waals surface area contributed by atoms with Gasteiger partial charge >= 0.3 is 0 Å². The molecule has 0 unspecified atom stereocenters. The fourth-order valence-corrected chi connectivity index (χ4v) is 5.24. The predicted molar refractivity (Wildman–Crippen MR) is 108 cm³/mol. The lowest BCUT2D eigenvalue weighted by Crippen LogP contribution is -2.34. The highest BCUT2D eigenvalue weighted by atomic mass is 35.5. The lowest BCUT2D eigenvalue weighted by Gasteiger charge is -2.21. The third-order valence-electron chi connectivity index (χ3n) is 3.86. The molecule has 1 amide bonds. The summed E-state index contributed by atoms with van der Waals surface area (Å²) in [6.45, 7) is 5.68. The highest BCUT2D eigenvalue weighted by Gasteiger charge is 2.24. The Morgan fingerprint density at radius 2 is 1.73 bits per heavy atom. The van der Waals surface area contributed by atoms with Crippen LogP contribution in [0.1, 0.15) is 13.8 Å². The van der Waals surface area contributed by atoms with Gasteiger partial charge in [0.2, 0.25) is 5.91 Å². The van der Waals surface area contributed by atoms with Gasteiger partial charge in [0.1, 0.15) is 4.21 Å². The first-order valence-corrected chi connectivity index (χ1v) is 10.8. The molecule has 0 bridgehead atoms. The van der Waals surface area contributed by atoms with E-state index in [1.165, 1.54) is 19.2 Å². The zero-order valence-electron chi connectivity index (χ0n) is 14.9. The maximum Gasteiger partial charge on any atom is 0.252 e. The zero-order valence-corrected chi connectivity index (χ0v) is 17.3. The Morgan fingerprint density at radius 1 is 1.12 bits per heavy atom. The number of hydrogen-bond acceptors (Lipinski definition) is 5. The molecule has 0 saturated heterocycles. The summed E-state index contributed by atoms with van der Waals surface area (Å²) in [7, 11) is -2.36. The zero-order chi connectivity index (χ0) is 19.3. The number of amides is 1. The number of sulfonamides is 1. The number of carbonyl (C=O) groups excluding carboxylic acids is 1. The summed E-state index contributed by atoms with van der Waals surface area (Å²) in [5, 5.41) is 2.72. The lowest BCUT2D eigenvalue weighted by atomic mass is 10.2. The second-order valence-electron chi connectivity index (χ2n) is 5.59. The Kier molecular flexibility index (Phi) is 7.05. The number of thiophene rings is 1. The summed E-state index contributed by atoms with van der Waals surface area (Å²) in [6.07, 6.45) is 0. The van der Waals surface area contributed by atoms with Crippen molar-refractivity contribution in [1.29, 1.82) is 0 Å². The van der Waals surface area contributed by atoms with Gasteiger partial charge in [0, 0.05) is 31.5 Å². The topological polar surface area (TPSA) is 69.7 Å². The quantitative estimate of drug-likeness (QED) is 0.716. The van der Waals surface area contributed by atoms with Gasteiger partial charge in [-0.3, -0.25) is 4.79 Å². The minimum atomic E-state index is -3.73. The van der Waals surface area contributed by atoms with Crippen molar-refractivity contribution < 1.29 is 13.2 Å². The van der Waals surface area contributed by atoms with Crippen molar-refractivity contribution in [2.24, 2.45) is 0 Å². The normalized spacial score (nSPS) is 11.6. The first-order valence-electron chi connectivity index (χ1n) is 8.14. The minimum absolute atomic E-state index is 0.112. The van der Waals surface area contributed by atoms with Gasteiger partial charge in [0.15, 0.2) is 0 Å². The van der Waals surface area contributed by atoms with E-state index in [1.54, 1.807) is 12.1 Å². The summed E-state index contributed by atoms with van der Waals surface area (Å²) in [4.78, 5) is 14.4. The molecule has 1 aromatic carbocycles. The van der Waals surface area contributed by atoms with E-state index in [2.05, 4.69) is 24.1 Å². The smallest absolute Gasteiger partial charge is 0.252 e. The standard InChI is InChI=1S/C17H22ClN3O3S2/c1-4-21(5-2)14-8-6-13(7-9-14)19-16(22)12-20(3)26(23,24)17-11-10-15(18)25-17/h6-11H,4-5,12H2,1-3H3,(H,19,22). The van der Waals surface area contributed by atoms with Crippen LogP contribution >= 0.6 is 22.9 Å². The molecule has 9 heteroatoms. The van der Waals surface area contributed by atoms with Crippen LogP contribution in [-0.2, 0) is 14.8 Å². The van der Waals surface area contributed by atoms with Crippen molar-refractivity contribution in [3.8, 4) is 0 Å². The number of rotatable bonds is 8. The molecule has 0 spiro atoms. The number of benzene rings is 1. The molecular formula is C17H22ClN3O3S2. The second-order valence-corrected chi connectivity index (χ2v) is 9.57. The Balaban J connectivity index is 2.00. The summed E-state index contributed by atoms with van der Waals surface area (Å²) in [6, 6.07) is 10.4. The Morgan fingerprint density at radius 3 is 2.23 bits per heavy atom. The highest BCUT2D eigenvalue weighted by molar-refractivity contribution is 7.91. The molecule has 2 aromatic rings. The van der Waals surface area contributed by atoms with Crippen LogP contribution in [0.25, 0.3) is 0 Å². The van der Waals surface area contributed by atoms with Crippen LogP contribution in [0, 0.1) is 0 Å². The SMILES string of the molecule is CCN(CC)c1ccc(NC(=O)CN(C)S(=O)(=O)c2ccc(Cl)s2)cc1. The highest BCUT2D eigenvalue weighted by Crippen LogP contribution is 2.27. The lowest BCUT2D eigenvalue weighted by molar-refractivity contribution is -0.116. The van der Waals surface area contributed by atoms with Gasteiger partial charge in [-0.15, -0.1) is 11.3 Å². The van der Waals surface area contributed by atoms with Gasteiger partial charge in [-0.1, -0.05) is 11.6 Å². The summed E-state index contributed by atoms with van der Waals surface area (Å²) in [5.41, 5.74) is 1.69.